The molecule has 0 fully saturated rings. The number of pyridine rings is 1. The molecule has 3 aromatic rings. The van der Waals surface area contributed by atoms with Crippen molar-refractivity contribution in [3.8, 4) is 0 Å². The van der Waals surface area contributed by atoms with Gasteiger partial charge in [-0.3, -0.25) is 4.98 Å². The van der Waals surface area contributed by atoms with Gasteiger partial charge in [0.2, 0.25) is 0 Å². The number of fused-ring (bicyclic) bond motifs is 3. The fourth-order valence-corrected chi connectivity index (χ4v) is 2.84. The number of nitrogens with zero attached hydrogens (tertiary/aromatic N) is 1. The largest absolute Gasteiger partial charge is 0.478 e. The molecule has 1 aromatic heterocycles. The molecule has 1 heterocycles. The van der Waals surface area contributed by atoms with Crippen LogP contribution < -0.4 is 0 Å². The Kier molecular flexibility index (Phi) is 3.33. The van der Waals surface area contributed by atoms with Gasteiger partial charge in [0.05, 0.1) is 11.1 Å². The second kappa shape index (κ2) is 4.96. The summed E-state index contributed by atoms with van der Waals surface area (Å²) in [6.45, 7) is 6.06. The van der Waals surface area contributed by atoms with Crippen molar-refractivity contribution < 1.29 is 9.90 Å². The lowest BCUT2D eigenvalue weighted by Crippen LogP contribution is -2.15. The maximum absolute atomic E-state index is 11.7. The number of hydrogen-bond donors (Lipinski definition) is 1. The minimum atomic E-state index is -0.968. The zero-order valence-corrected chi connectivity index (χ0v) is 13.4. The van der Waals surface area contributed by atoms with Crippen molar-refractivity contribution in [2.24, 2.45) is 0 Å². The lowest BCUT2D eigenvalue weighted by Gasteiger charge is -2.20. The molecule has 0 radical (unpaired) electrons. The van der Waals surface area contributed by atoms with Crippen LogP contribution in [0.15, 0.2) is 36.4 Å². The van der Waals surface area contributed by atoms with Crippen molar-refractivity contribution in [2.45, 2.75) is 26.2 Å². The van der Waals surface area contributed by atoms with Gasteiger partial charge in [-0.05, 0) is 12.1 Å². The van der Waals surface area contributed by atoms with Gasteiger partial charge in [0.1, 0.15) is 0 Å². The molecule has 0 saturated heterocycles. The Morgan fingerprint density at radius 2 is 1.73 bits per heavy atom. The summed E-state index contributed by atoms with van der Waals surface area (Å²) >= 11 is 6.32. The SMILES string of the molecule is CC(C)(C)c1cc(C(=O)O)c2cc(Cl)c3ccccc3c2n1. The first-order valence-electron chi connectivity index (χ1n) is 7.05. The van der Waals surface area contributed by atoms with Gasteiger partial charge in [0.25, 0.3) is 0 Å². The van der Waals surface area contributed by atoms with Crippen LogP contribution >= 0.6 is 11.6 Å². The zero-order chi connectivity index (χ0) is 16.1. The zero-order valence-electron chi connectivity index (χ0n) is 12.6. The Hall–Kier alpha value is -2.13. The van der Waals surface area contributed by atoms with Gasteiger partial charge >= 0.3 is 5.97 Å². The number of carbonyl (C=O) groups is 1. The fraction of sp³-hybridized carbons (Fsp3) is 0.222. The quantitative estimate of drug-likeness (QED) is 0.640. The highest BCUT2D eigenvalue weighted by Crippen LogP contribution is 2.34. The minimum absolute atomic E-state index is 0.237. The molecule has 22 heavy (non-hydrogen) atoms. The van der Waals surface area contributed by atoms with E-state index in [-0.39, 0.29) is 11.0 Å². The van der Waals surface area contributed by atoms with Crippen molar-refractivity contribution in [1.29, 1.82) is 0 Å². The van der Waals surface area contributed by atoms with E-state index in [1.807, 2.05) is 45.0 Å². The van der Waals surface area contributed by atoms with Gasteiger partial charge in [-0.15, -0.1) is 0 Å². The number of benzene rings is 2. The van der Waals surface area contributed by atoms with E-state index in [0.29, 0.717) is 15.9 Å². The summed E-state index contributed by atoms with van der Waals surface area (Å²) < 4.78 is 0. The highest BCUT2D eigenvalue weighted by Gasteiger charge is 2.21. The summed E-state index contributed by atoms with van der Waals surface area (Å²) in [6, 6.07) is 11.0. The predicted molar refractivity (Wildman–Crippen MR) is 89.9 cm³/mol. The summed E-state index contributed by atoms with van der Waals surface area (Å²) in [7, 11) is 0. The molecule has 2 aromatic carbocycles. The highest BCUT2D eigenvalue weighted by molar-refractivity contribution is 6.37. The molecule has 0 saturated carbocycles. The van der Waals surface area contributed by atoms with Crippen molar-refractivity contribution in [3.63, 3.8) is 0 Å². The molecular weight excluding hydrogens is 298 g/mol. The summed E-state index contributed by atoms with van der Waals surface area (Å²) in [5.74, 6) is -0.968. The van der Waals surface area contributed by atoms with Crippen LogP contribution in [0.1, 0.15) is 36.8 Å². The Morgan fingerprint density at radius 3 is 2.32 bits per heavy atom. The number of rotatable bonds is 1. The molecular formula is C18H16ClNO2. The highest BCUT2D eigenvalue weighted by atomic mass is 35.5. The lowest BCUT2D eigenvalue weighted by atomic mass is 9.89. The number of hydrogen-bond acceptors (Lipinski definition) is 2. The Morgan fingerprint density at radius 1 is 1.09 bits per heavy atom. The van der Waals surface area contributed by atoms with E-state index in [9.17, 15) is 9.90 Å². The third-order valence-electron chi connectivity index (χ3n) is 3.77. The topological polar surface area (TPSA) is 50.2 Å². The second-order valence-electron chi connectivity index (χ2n) is 6.41. The van der Waals surface area contributed by atoms with Crippen LogP contribution in [0.4, 0.5) is 0 Å². The lowest BCUT2D eigenvalue weighted by molar-refractivity contribution is 0.0699. The average molecular weight is 314 g/mol. The van der Waals surface area contributed by atoms with Crippen LogP contribution in [0.25, 0.3) is 21.7 Å². The summed E-state index contributed by atoms with van der Waals surface area (Å²) in [5.41, 5.74) is 1.44. The van der Waals surface area contributed by atoms with E-state index in [0.717, 1.165) is 16.5 Å². The summed E-state index contributed by atoms with van der Waals surface area (Å²) in [4.78, 5) is 16.4. The second-order valence-corrected chi connectivity index (χ2v) is 6.82. The standard InChI is InChI=1S/C18H16ClNO2/c1-18(2,3)15-9-13(17(21)22)12-8-14(19)10-6-4-5-7-11(10)16(12)20-15/h4-9H,1-3H3,(H,21,22). The van der Waals surface area contributed by atoms with Gasteiger partial charge < -0.3 is 5.11 Å². The number of halogens is 1. The fourth-order valence-electron chi connectivity index (χ4n) is 2.57. The van der Waals surface area contributed by atoms with E-state index in [1.165, 1.54) is 0 Å². The molecule has 0 atom stereocenters. The number of aromatic nitrogens is 1. The first-order valence-corrected chi connectivity index (χ1v) is 7.42. The molecule has 0 amide bonds. The van der Waals surface area contributed by atoms with E-state index < -0.39 is 5.97 Å². The molecule has 0 aliphatic rings. The molecule has 0 unspecified atom stereocenters. The molecule has 0 bridgehead atoms. The maximum Gasteiger partial charge on any atom is 0.336 e. The van der Waals surface area contributed by atoms with Crippen molar-refractivity contribution in [1.82, 2.24) is 4.98 Å². The third-order valence-corrected chi connectivity index (χ3v) is 4.08. The summed E-state index contributed by atoms with van der Waals surface area (Å²) in [6.07, 6.45) is 0. The molecule has 0 spiro atoms. The van der Waals surface area contributed by atoms with Crippen LogP contribution in [-0.4, -0.2) is 16.1 Å². The number of aromatic carboxylic acids is 1. The monoisotopic (exact) mass is 313 g/mol. The molecule has 0 aliphatic carbocycles. The van der Waals surface area contributed by atoms with E-state index in [2.05, 4.69) is 0 Å². The first-order chi connectivity index (χ1) is 10.3. The van der Waals surface area contributed by atoms with E-state index >= 15 is 0 Å². The van der Waals surface area contributed by atoms with E-state index in [4.69, 9.17) is 16.6 Å². The van der Waals surface area contributed by atoms with Gasteiger partial charge in [0, 0.05) is 32.3 Å². The maximum atomic E-state index is 11.7. The Labute approximate surface area is 133 Å². The number of carboxylic acid groups (broad SMARTS) is 1. The van der Waals surface area contributed by atoms with Crippen LogP contribution in [-0.2, 0) is 5.41 Å². The molecule has 0 aliphatic heterocycles. The third kappa shape index (κ3) is 2.32. The van der Waals surface area contributed by atoms with Gasteiger partial charge in [0.15, 0.2) is 0 Å². The average Bonchev–Trinajstić information content (AvgIpc) is 2.45. The predicted octanol–water partition coefficient (Wildman–Crippen LogP) is 5.04. The van der Waals surface area contributed by atoms with Crippen LogP contribution in [0.2, 0.25) is 5.02 Å². The smallest absolute Gasteiger partial charge is 0.336 e. The summed E-state index contributed by atoms with van der Waals surface area (Å²) in [5, 5.41) is 12.4. The van der Waals surface area contributed by atoms with Crippen molar-refractivity contribution in [2.75, 3.05) is 0 Å². The molecule has 112 valence electrons. The van der Waals surface area contributed by atoms with Crippen molar-refractivity contribution in [3.05, 3.63) is 52.7 Å². The van der Waals surface area contributed by atoms with Gasteiger partial charge in [-0.25, -0.2) is 4.79 Å². The Balaban J connectivity index is 2.55. The normalized spacial score (nSPS) is 12.0. The number of carboxylic acids is 1. The van der Waals surface area contributed by atoms with Crippen molar-refractivity contribution >= 4 is 39.2 Å². The van der Waals surface area contributed by atoms with Gasteiger partial charge in [-0.2, -0.15) is 0 Å². The molecule has 3 rings (SSSR count). The van der Waals surface area contributed by atoms with Crippen LogP contribution in [0, 0.1) is 0 Å². The first kappa shape index (κ1) is 14.8. The van der Waals surface area contributed by atoms with Crippen LogP contribution in [0.5, 0.6) is 0 Å². The van der Waals surface area contributed by atoms with E-state index in [1.54, 1.807) is 12.1 Å². The molecule has 1 N–H and O–H groups in total. The van der Waals surface area contributed by atoms with Gasteiger partial charge in [-0.1, -0.05) is 56.6 Å². The van der Waals surface area contributed by atoms with Crippen LogP contribution in [0.3, 0.4) is 0 Å². The molecule has 4 heteroatoms. The Bertz CT molecular complexity index is 910. The minimum Gasteiger partial charge on any atom is -0.478 e. The molecule has 3 nitrogen and oxygen atoms in total.